The predicted octanol–water partition coefficient (Wildman–Crippen LogP) is 5.59. The molecule has 3 saturated carbocycles. The van der Waals surface area contributed by atoms with Crippen LogP contribution in [0.25, 0.3) is 10.9 Å². The summed E-state index contributed by atoms with van der Waals surface area (Å²) >= 11 is 0. The van der Waals surface area contributed by atoms with Crippen LogP contribution in [-0.4, -0.2) is 38.6 Å². The van der Waals surface area contributed by atoms with Gasteiger partial charge < -0.3 is 15.4 Å². The van der Waals surface area contributed by atoms with E-state index in [0.29, 0.717) is 62.8 Å². The van der Waals surface area contributed by atoms with E-state index in [2.05, 4.69) is 63.8 Å². The largest absolute Gasteiger partial charge is 0.480 e. The normalized spacial score (nSPS) is 19.7. The van der Waals surface area contributed by atoms with Crippen molar-refractivity contribution in [2.24, 2.45) is 11.3 Å². The third kappa shape index (κ3) is 4.55. The number of hydrogen-bond donors (Lipinski definition) is 2. The number of methoxy groups -OCH3 is 1. The first kappa shape index (κ1) is 27.4. The molecule has 11 heteroatoms. The molecule has 0 radical (unpaired) electrons. The maximum absolute atomic E-state index is 14.1. The molecule has 4 aromatic rings. The number of aromatic nitrogens is 5. The molecule has 7 rings (SSSR count). The molecule has 1 aromatic carbocycles. The average Bonchev–Trinajstić information content (AvgIpc) is 3.31. The Labute approximate surface area is 243 Å². The topological polar surface area (TPSA) is 137 Å². The van der Waals surface area contributed by atoms with Gasteiger partial charge in [-0.3, -0.25) is 4.98 Å². The number of fused-ring (bicyclic) bond motifs is 1. The fourth-order valence-electron chi connectivity index (χ4n) is 6.07. The van der Waals surface area contributed by atoms with Gasteiger partial charge in [0.15, 0.2) is 5.69 Å². The molecule has 3 aliphatic carbocycles. The number of nitrogens with one attached hydrogen (secondary N) is 2. The fourth-order valence-corrected chi connectivity index (χ4v) is 6.07. The number of rotatable bonds is 8. The second-order valence-electron chi connectivity index (χ2n) is 12.6. The highest BCUT2D eigenvalue weighted by Crippen LogP contribution is 2.63. The number of ether oxygens (including phenoxy) is 1. The second kappa shape index (κ2) is 9.95. The summed E-state index contributed by atoms with van der Waals surface area (Å²) in [7, 11) is 1.60. The summed E-state index contributed by atoms with van der Waals surface area (Å²) in [5.74, 6) is 0.688. The maximum Gasteiger partial charge on any atom is 0.238 e. The Hall–Kier alpha value is -4.77. The van der Waals surface area contributed by atoms with Crippen LogP contribution >= 0.6 is 0 Å². The van der Waals surface area contributed by atoms with Crippen molar-refractivity contribution in [2.45, 2.75) is 58.5 Å². The Bertz CT molecular complexity index is 1780. The van der Waals surface area contributed by atoms with Crippen molar-refractivity contribution in [3.05, 3.63) is 64.5 Å². The highest BCUT2D eigenvalue weighted by molar-refractivity contribution is 5.99. The first-order chi connectivity index (χ1) is 20.1. The lowest BCUT2D eigenvalue weighted by Crippen LogP contribution is -2.59. The summed E-state index contributed by atoms with van der Waals surface area (Å²) in [5, 5.41) is 36.6. The molecule has 42 heavy (non-hydrogen) atoms. The van der Waals surface area contributed by atoms with Crippen molar-refractivity contribution in [3.63, 3.8) is 0 Å². The van der Waals surface area contributed by atoms with Crippen LogP contribution in [0.2, 0.25) is 0 Å². The van der Waals surface area contributed by atoms with Crippen LogP contribution in [0.15, 0.2) is 30.5 Å². The van der Waals surface area contributed by atoms with Gasteiger partial charge in [0.25, 0.3) is 0 Å². The van der Waals surface area contributed by atoms with Crippen LogP contribution < -0.4 is 15.4 Å². The highest BCUT2D eigenvalue weighted by Gasteiger charge is 2.60. The van der Waals surface area contributed by atoms with E-state index < -0.39 is 12.0 Å². The van der Waals surface area contributed by atoms with Crippen LogP contribution in [-0.2, 0) is 5.54 Å². The molecule has 3 heterocycles. The molecule has 0 aliphatic heterocycles. The molecular formula is C31H32FN9O. The summed E-state index contributed by atoms with van der Waals surface area (Å²) in [6.07, 6.45) is 4.65. The van der Waals surface area contributed by atoms with Gasteiger partial charge in [0.1, 0.15) is 18.2 Å². The average molecular weight is 566 g/mol. The summed E-state index contributed by atoms with van der Waals surface area (Å²) in [6.45, 7) is 8.64. The number of nitrogens with zero attached hydrogens (tertiary/aromatic N) is 7. The van der Waals surface area contributed by atoms with Crippen LogP contribution in [0.5, 0.6) is 5.88 Å². The molecule has 0 unspecified atom stereocenters. The first-order valence-electron chi connectivity index (χ1n) is 14.0. The van der Waals surface area contributed by atoms with Gasteiger partial charge in [0.2, 0.25) is 11.8 Å². The number of anilines is 2. The lowest BCUT2D eigenvalue weighted by Gasteiger charge is -2.61. The van der Waals surface area contributed by atoms with Crippen LogP contribution in [0.1, 0.15) is 74.2 Å². The van der Waals surface area contributed by atoms with E-state index in [4.69, 9.17) is 4.74 Å². The zero-order valence-corrected chi connectivity index (χ0v) is 24.3. The third-order valence-corrected chi connectivity index (χ3v) is 8.30. The number of nitriles is 2. The molecule has 0 spiro atoms. The summed E-state index contributed by atoms with van der Waals surface area (Å²) in [6, 6.07) is 10.4. The molecule has 3 aromatic heterocycles. The number of pyridine rings is 2. The molecule has 2 N–H and O–H groups in total. The van der Waals surface area contributed by atoms with Gasteiger partial charge in [-0.15, -0.1) is 5.10 Å². The van der Waals surface area contributed by atoms with Crippen molar-refractivity contribution >= 4 is 22.3 Å². The van der Waals surface area contributed by atoms with Crippen molar-refractivity contribution < 1.29 is 9.13 Å². The molecule has 3 fully saturated rings. The van der Waals surface area contributed by atoms with E-state index in [1.54, 1.807) is 26.2 Å². The molecule has 3 aliphatic rings. The number of halogens is 1. The second-order valence-corrected chi connectivity index (χ2v) is 12.6. The van der Waals surface area contributed by atoms with Crippen molar-refractivity contribution in [2.75, 3.05) is 24.3 Å². The van der Waals surface area contributed by atoms with Gasteiger partial charge in [0.05, 0.1) is 35.0 Å². The monoisotopic (exact) mass is 565 g/mol. The molecular weight excluding hydrogens is 533 g/mol. The lowest BCUT2D eigenvalue weighted by atomic mass is 9.50. The molecule has 214 valence electrons. The van der Waals surface area contributed by atoms with Crippen LogP contribution in [0, 0.1) is 46.9 Å². The standard InChI is InChI=1S/C31H32FN9O/c1-17-22(6-7-24(32)37-17)27(28-29(42-5)41(40-39-28)31-10-18(11-31)12-31)38-21-8-19(13-33)25-23(9-21)26(20(14-34)15-35-25)36-16-30(2,3)4/h6-9,15,18,27,38H,10-12,16H2,1-5H3,(H,35,36)/t18?,27-,31?/m0/s1. The number of aryl methyl sites for hydroxylation is 1. The van der Waals surface area contributed by atoms with Gasteiger partial charge in [-0.2, -0.15) is 14.9 Å². The molecule has 2 bridgehead atoms. The molecule has 1 atom stereocenters. The minimum Gasteiger partial charge on any atom is -0.480 e. The van der Waals surface area contributed by atoms with Gasteiger partial charge >= 0.3 is 0 Å². The Kier molecular flexibility index (Phi) is 6.49. The Morgan fingerprint density at radius 1 is 1.17 bits per heavy atom. The van der Waals surface area contributed by atoms with Gasteiger partial charge in [-0.25, -0.2) is 9.67 Å². The minimum absolute atomic E-state index is 0.0583. The van der Waals surface area contributed by atoms with Crippen molar-refractivity contribution in [1.29, 1.82) is 10.5 Å². The highest BCUT2D eigenvalue weighted by atomic mass is 19.1. The van der Waals surface area contributed by atoms with E-state index in [1.807, 2.05) is 10.7 Å². The third-order valence-electron chi connectivity index (χ3n) is 8.30. The maximum atomic E-state index is 14.1. The van der Waals surface area contributed by atoms with Gasteiger partial charge in [-0.05, 0) is 55.7 Å². The Morgan fingerprint density at radius 2 is 1.90 bits per heavy atom. The van der Waals surface area contributed by atoms with E-state index in [-0.39, 0.29) is 11.0 Å². The summed E-state index contributed by atoms with van der Waals surface area (Å²) < 4.78 is 21.9. The van der Waals surface area contributed by atoms with E-state index in [1.165, 1.54) is 12.3 Å². The number of hydrogen-bond acceptors (Lipinski definition) is 9. The molecule has 0 amide bonds. The Balaban J connectivity index is 1.49. The van der Waals surface area contributed by atoms with E-state index >= 15 is 0 Å². The first-order valence-corrected chi connectivity index (χ1v) is 14.0. The zero-order chi connectivity index (χ0) is 29.8. The summed E-state index contributed by atoms with van der Waals surface area (Å²) in [5.41, 5.74) is 4.00. The smallest absolute Gasteiger partial charge is 0.238 e. The lowest BCUT2D eigenvalue weighted by molar-refractivity contribution is -0.103. The minimum atomic E-state index is -0.628. The van der Waals surface area contributed by atoms with E-state index in [9.17, 15) is 14.9 Å². The Morgan fingerprint density at radius 3 is 2.50 bits per heavy atom. The fraction of sp³-hybridized carbons (Fsp3) is 0.419. The van der Waals surface area contributed by atoms with Crippen LogP contribution in [0.4, 0.5) is 15.8 Å². The van der Waals surface area contributed by atoms with Crippen molar-refractivity contribution in [1.82, 2.24) is 25.0 Å². The van der Waals surface area contributed by atoms with Crippen molar-refractivity contribution in [3.8, 4) is 18.0 Å². The van der Waals surface area contributed by atoms with Gasteiger partial charge in [0, 0.05) is 35.1 Å². The molecule has 0 saturated heterocycles. The SMILES string of the molecule is COc1c([C@@H](Nc2cc(C#N)c3ncc(C#N)c(NCC(C)(C)C)c3c2)c2ccc(F)nc2C)nnn1C12CC(C1)C2. The molecule has 10 nitrogen and oxygen atoms in total. The van der Waals surface area contributed by atoms with E-state index in [0.717, 1.165) is 25.2 Å². The predicted molar refractivity (Wildman–Crippen MR) is 155 cm³/mol. The quantitative estimate of drug-likeness (QED) is 0.262. The summed E-state index contributed by atoms with van der Waals surface area (Å²) in [4.78, 5) is 8.52. The van der Waals surface area contributed by atoms with Gasteiger partial charge in [-0.1, -0.05) is 32.1 Å². The zero-order valence-electron chi connectivity index (χ0n) is 24.3. The van der Waals surface area contributed by atoms with Crippen LogP contribution in [0.3, 0.4) is 0 Å². The number of benzene rings is 1.